The molecule has 1 amide bonds. The number of H-pyrrole nitrogens is 1. The average Bonchev–Trinajstić information content (AvgIpc) is 3.52. The molecule has 7 heteroatoms. The zero-order chi connectivity index (χ0) is 21.0. The zero-order valence-corrected chi connectivity index (χ0v) is 17.0. The van der Waals surface area contributed by atoms with Crippen molar-refractivity contribution in [2.24, 2.45) is 0 Å². The maximum atomic E-state index is 12.2. The van der Waals surface area contributed by atoms with Crippen LogP contribution in [0.2, 0.25) is 0 Å². The molecule has 0 aliphatic rings. The number of aromatic amines is 1. The Bertz CT molecular complexity index is 1330. The third-order valence-corrected chi connectivity index (χ3v) is 5.45. The molecule has 0 aliphatic carbocycles. The van der Waals surface area contributed by atoms with E-state index in [1.165, 1.54) is 10.9 Å². The van der Waals surface area contributed by atoms with Crippen LogP contribution in [0, 0.1) is 0 Å². The van der Waals surface area contributed by atoms with E-state index in [1.54, 1.807) is 0 Å². The molecule has 0 fully saturated rings. The van der Waals surface area contributed by atoms with Crippen LogP contribution in [0.5, 0.6) is 0 Å². The number of hydrogen-bond donors (Lipinski definition) is 2. The van der Waals surface area contributed by atoms with Crippen LogP contribution in [0.25, 0.3) is 21.8 Å². The number of carbonyl (C=O) groups is 1. The molecule has 156 valence electrons. The van der Waals surface area contributed by atoms with Gasteiger partial charge in [0.2, 0.25) is 17.7 Å². The molecule has 0 radical (unpaired) electrons. The molecule has 3 heterocycles. The van der Waals surface area contributed by atoms with Crippen molar-refractivity contribution in [3.63, 3.8) is 0 Å². The second kappa shape index (κ2) is 8.47. The van der Waals surface area contributed by atoms with Crippen molar-refractivity contribution >= 4 is 27.7 Å². The van der Waals surface area contributed by atoms with E-state index in [2.05, 4.69) is 49.3 Å². The molecule has 5 rings (SSSR count). The third kappa shape index (κ3) is 4.21. The number of benzene rings is 2. The molecule has 2 aromatic carbocycles. The Balaban J connectivity index is 1.10. The highest BCUT2D eigenvalue weighted by Gasteiger charge is 2.12. The molecule has 31 heavy (non-hydrogen) atoms. The first kappa shape index (κ1) is 19.1. The molecule has 2 N–H and O–H groups in total. The second-order valence-electron chi connectivity index (χ2n) is 7.54. The summed E-state index contributed by atoms with van der Waals surface area (Å²) in [5.41, 5.74) is 3.37. The summed E-state index contributed by atoms with van der Waals surface area (Å²) < 4.78 is 7.89. The highest BCUT2D eigenvalue weighted by atomic mass is 16.4. The quantitative estimate of drug-likeness (QED) is 0.404. The number of para-hydroxylation sites is 2. The van der Waals surface area contributed by atoms with Crippen LogP contribution in [0.4, 0.5) is 0 Å². The van der Waals surface area contributed by atoms with Gasteiger partial charge in [0.15, 0.2) is 0 Å². The van der Waals surface area contributed by atoms with E-state index in [4.69, 9.17) is 4.42 Å². The van der Waals surface area contributed by atoms with E-state index in [0.717, 1.165) is 23.0 Å². The average molecular weight is 413 g/mol. The van der Waals surface area contributed by atoms with Crippen molar-refractivity contribution in [2.45, 2.75) is 25.8 Å². The standard InChI is InChI=1S/C24H23N5O2/c30-22(25-12-14-29-13-11-17-5-1-4-8-21(17)29)9-10-23-27-28-24(31-23)15-18-16-26-20-7-3-2-6-19(18)20/h1-8,11,13,16,26H,9-10,12,14-15H2,(H,25,30). The van der Waals surface area contributed by atoms with Gasteiger partial charge in [-0.25, -0.2) is 0 Å². The van der Waals surface area contributed by atoms with Crippen LogP contribution in [-0.2, 0) is 24.2 Å². The van der Waals surface area contributed by atoms with Gasteiger partial charge in [-0.3, -0.25) is 4.79 Å². The van der Waals surface area contributed by atoms with Crippen molar-refractivity contribution < 1.29 is 9.21 Å². The van der Waals surface area contributed by atoms with Crippen LogP contribution >= 0.6 is 0 Å². The fourth-order valence-electron chi connectivity index (χ4n) is 3.86. The first-order valence-corrected chi connectivity index (χ1v) is 10.4. The van der Waals surface area contributed by atoms with Crippen LogP contribution in [0.3, 0.4) is 0 Å². The van der Waals surface area contributed by atoms with Gasteiger partial charge in [-0.15, -0.1) is 10.2 Å². The maximum Gasteiger partial charge on any atom is 0.221 e. The Labute approximate surface area is 179 Å². The van der Waals surface area contributed by atoms with E-state index < -0.39 is 0 Å². The topological polar surface area (TPSA) is 88.7 Å². The van der Waals surface area contributed by atoms with Gasteiger partial charge in [0, 0.05) is 54.7 Å². The zero-order valence-electron chi connectivity index (χ0n) is 17.0. The molecule has 0 bridgehead atoms. The van der Waals surface area contributed by atoms with E-state index in [0.29, 0.717) is 37.6 Å². The summed E-state index contributed by atoms with van der Waals surface area (Å²) in [6, 6.07) is 18.4. The Morgan fingerprint density at radius 3 is 2.84 bits per heavy atom. The molecule has 3 aromatic heterocycles. The van der Waals surface area contributed by atoms with Crippen LogP contribution in [0.1, 0.15) is 23.8 Å². The van der Waals surface area contributed by atoms with Crippen LogP contribution in [0.15, 0.2) is 71.4 Å². The molecule has 0 aliphatic heterocycles. The molecule has 0 saturated heterocycles. The van der Waals surface area contributed by atoms with Crippen molar-refractivity contribution in [3.8, 4) is 0 Å². The van der Waals surface area contributed by atoms with Crippen molar-refractivity contribution in [2.75, 3.05) is 6.54 Å². The molecule has 0 spiro atoms. The molecule has 0 atom stereocenters. The summed E-state index contributed by atoms with van der Waals surface area (Å²) in [7, 11) is 0. The molecular weight excluding hydrogens is 390 g/mol. The lowest BCUT2D eigenvalue weighted by molar-refractivity contribution is -0.121. The fraction of sp³-hybridized carbons (Fsp3) is 0.208. The lowest BCUT2D eigenvalue weighted by Gasteiger charge is -2.07. The molecule has 0 saturated carbocycles. The third-order valence-electron chi connectivity index (χ3n) is 5.45. The number of fused-ring (bicyclic) bond motifs is 2. The summed E-state index contributed by atoms with van der Waals surface area (Å²) in [5.74, 6) is 1.02. The first-order valence-electron chi connectivity index (χ1n) is 10.4. The van der Waals surface area contributed by atoms with E-state index in [9.17, 15) is 4.79 Å². The monoisotopic (exact) mass is 413 g/mol. The van der Waals surface area contributed by atoms with E-state index in [1.807, 2.05) is 42.7 Å². The van der Waals surface area contributed by atoms with Gasteiger partial charge in [0.25, 0.3) is 0 Å². The number of aryl methyl sites for hydroxylation is 1. The number of hydrogen-bond acceptors (Lipinski definition) is 4. The summed E-state index contributed by atoms with van der Waals surface area (Å²) in [6.07, 6.45) is 5.33. The minimum Gasteiger partial charge on any atom is -0.425 e. The molecule has 0 unspecified atom stereocenters. The van der Waals surface area contributed by atoms with Gasteiger partial charge < -0.3 is 19.3 Å². The lowest BCUT2D eigenvalue weighted by Crippen LogP contribution is -2.27. The van der Waals surface area contributed by atoms with Gasteiger partial charge >= 0.3 is 0 Å². The Morgan fingerprint density at radius 2 is 1.87 bits per heavy atom. The first-order chi connectivity index (χ1) is 15.3. The Hall–Kier alpha value is -3.87. The molecular formula is C24H23N5O2. The summed E-state index contributed by atoms with van der Waals surface area (Å²) >= 11 is 0. The fourth-order valence-corrected chi connectivity index (χ4v) is 3.86. The number of nitrogens with one attached hydrogen (secondary N) is 2. The molecule has 5 aromatic rings. The summed E-state index contributed by atoms with van der Waals surface area (Å²) in [5, 5.41) is 13.5. The second-order valence-corrected chi connectivity index (χ2v) is 7.54. The van der Waals surface area contributed by atoms with E-state index >= 15 is 0 Å². The predicted molar refractivity (Wildman–Crippen MR) is 119 cm³/mol. The van der Waals surface area contributed by atoms with Gasteiger partial charge in [0.1, 0.15) is 0 Å². The Morgan fingerprint density at radius 1 is 1.03 bits per heavy atom. The van der Waals surface area contributed by atoms with Gasteiger partial charge in [-0.2, -0.15) is 0 Å². The minimum absolute atomic E-state index is 0.0205. The number of rotatable bonds is 8. The highest BCUT2D eigenvalue weighted by molar-refractivity contribution is 5.83. The van der Waals surface area contributed by atoms with Crippen molar-refractivity contribution in [1.29, 1.82) is 0 Å². The largest absolute Gasteiger partial charge is 0.425 e. The smallest absolute Gasteiger partial charge is 0.221 e. The lowest BCUT2D eigenvalue weighted by atomic mass is 10.1. The summed E-state index contributed by atoms with van der Waals surface area (Å²) in [4.78, 5) is 15.5. The number of amides is 1. The molecule has 7 nitrogen and oxygen atoms in total. The minimum atomic E-state index is -0.0205. The van der Waals surface area contributed by atoms with Crippen molar-refractivity contribution in [3.05, 3.63) is 84.3 Å². The Kier molecular flexibility index (Phi) is 5.22. The van der Waals surface area contributed by atoms with Gasteiger partial charge in [-0.1, -0.05) is 36.4 Å². The van der Waals surface area contributed by atoms with Crippen LogP contribution in [-0.4, -0.2) is 32.2 Å². The number of nitrogens with zero attached hydrogens (tertiary/aromatic N) is 3. The van der Waals surface area contributed by atoms with Gasteiger partial charge in [0.05, 0.1) is 6.42 Å². The maximum absolute atomic E-state index is 12.2. The highest BCUT2D eigenvalue weighted by Crippen LogP contribution is 2.20. The number of aromatic nitrogens is 4. The number of carbonyl (C=O) groups excluding carboxylic acids is 1. The predicted octanol–water partition coefficient (Wildman–Crippen LogP) is 3.85. The summed E-state index contributed by atoms with van der Waals surface area (Å²) in [6.45, 7) is 1.31. The van der Waals surface area contributed by atoms with Gasteiger partial charge in [-0.05, 0) is 29.1 Å². The normalized spacial score (nSPS) is 11.4. The van der Waals surface area contributed by atoms with Crippen molar-refractivity contribution in [1.82, 2.24) is 25.1 Å². The van der Waals surface area contributed by atoms with E-state index in [-0.39, 0.29) is 5.91 Å². The SMILES string of the molecule is O=C(CCc1nnc(Cc2c[nH]c3ccccc23)o1)NCCn1ccc2ccccc21. The van der Waals surface area contributed by atoms with Crippen LogP contribution < -0.4 is 5.32 Å².